The van der Waals surface area contributed by atoms with Crippen LogP contribution < -0.4 is 16.1 Å². The van der Waals surface area contributed by atoms with E-state index < -0.39 is 17.2 Å². The summed E-state index contributed by atoms with van der Waals surface area (Å²) in [5.41, 5.74) is 5.04. The van der Waals surface area contributed by atoms with Gasteiger partial charge in [-0.3, -0.25) is 9.36 Å². The number of halogens is 1. The fraction of sp³-hybridized carbons (Fsp3) is 0.368. The van der Waals surface area contributed by atoms with Crippen LogP contribution in [0.1, 0.15) is 17.3 Å². The highest BCUT2D eigenvalue weighted by Crippen LogP contribution is 2.25. The second kappa shape index (κ2) is 8.46. The maximum atomic E-state index is 15.0. The van der Waals surface area contributed by atoms with Gasteiger partial charge < -0.3 is 20.1 Å². The molecular formula is C19H20FN5O4S. The van der Waals surface area contributed by atoms with Gasteiger partial charge in [-0.15, -0.1) is 11.3 Å². The molecule has 1 saturated heterocycles. The molecule has 11 heteroatoms. The maximum absolute atomic E-state index is 15.0. The summed E-state index contributed by atoms with van der Waals surface area (Å²) in [7, 11) is 0. The average molecular weight is 433 g/mol. The number of morpholine rings is 1. The number of aromatic nitrogens is 3. The number of esters is 1. The number of nitrogens with two attached hydrogens (primary N) is 1. The summed E-state index contributed by atoms with van der Waals surface area (Å²) < 4.78 is 27.1. The summed E-state index contributed by atoms with van der Waals surface area (Å²) in [5.74, 6) is -1.35. The zero-order valence-electron chi connectivity index (χ0n) is 16.2. The molecule has 2 N–H and O–H groups in total. The molecule has 0 radical (unpaired) electrons. The van der Waals surface area contributed by atoms with Crippen LogP contribution in [0.15, 0.2) is 28.6 Å². The van der Waals surface area contributed by atoms with E-state index in [0.29, 0.717) is 31.4 Å². The van der Waals surface area contributed by atoms with Crippen LogP contribution in [0, 0.1) is 5.82 Å². The molecule has 30 heavy (non-hydrogen) atoms. The van der Waals surface area contributed by atoms with Crippen molar-refractivity contribution in [1.82, 2.24) is 14.5 Å². The maximum Gasteiger partial charge on any atom is 0.343 e. The molecule has 3 aromatic rings. The standard InChI is InChI=1S/C19H20FN5O4S/c1-2-28-18(27)13-10-25(19-22-3-6-30-19)16-12(15(13)26)7-14(20)17(23-16)24-4-5-29-11(8-21)9-24/h3,6-7,10-11H,2,4-5,8-9,21H2,1H3. The Labute approximate surface area is 174 Å². The Morgan fingerprint density at radius 3 is 3.03 bits per heavy atom. The Hall–Kier alpha value is -2.89. The van der Waals surface area contributed by atoms with Gasteiger partial charge in [0.05, 0.1) is 24.7 Å². The number of anilines is 1. The summed E-state index contributed by atoms with van der Waals surface area (Å²) >= 11 is 1.29. The highest BCUT2D eigenvalue weighted by atomic mass is 32.1. The molecule has 1 aliphatic rings. The van der Waals surface area contributed by atoms with Gasteiger partial charge in [-0.05, 0) is 13.0 Å². The van der Waals surface area contributed by atoms with E-state index in [1.54, 1.807) is 23.4 Å². The Balaban J connectivity index is 1.92. The van der Waals surface area contributed by atoms with Gasteiger partial charge in [0.25, 0.3) is 0 Å². The van der Waals surface area contributed by atoms with E-state index in [0.717, 1.165) is 6.07 Å². The lowest BCUT2D eigenvalue weighted by Crippen LogP contribution is -2.46. The Kier molecular flexibility index (Phi) is 5.75. The molecule has 1 aliphatic heterocycles. The first-order valence-electron chi connectivity index (χ1n) is 9.43. The van der Waals surface area contributed by atoms with Crippen LogP contribution in [-0.2, 0) is 9.47 Å². The van der Waals surface area contributed by atoms with E-state index in [4.69, 9.17) is 15.2 Å². The molecule has 0 aliphatic carbocycles. The molecule has 9 nitrogen and oxygen atoms in total. The van der Waals surface area contributed by atoms with Gasteiger partial charge >= 0.3 is 5.97 Å². The molecule has 1 atom stereocenters. The second-order valence-electron chi connectivity index (χ2n) is 6.62. The van der Waals surface area contributed by atoms with Gasteiger partial charge in [0, 0.05) is 37.4 Å². The van der Waals surface area contributed by atoms with Crippen molar-refractivity contribution in [3.05, 3.63) is 45.4 Å². The molecule has 0 saturated carbocycles. The quantitative estimate of drug-likeness (QED) is 0.600. The average Bonchev–Trinajstić information content (AvgIpc) is 3.29. The Morgan fingerprint density at radius 1 is 1.50 bits per heavy atom. The fourth-order valence-corrected chi connectivity index (χ4v) is 3.94. The third-order valence-electron chi connectivity index (χ3n) is 4.73. The lowest BCUT2D eigenvalue weighted by atomic mass is 10.2. The first-order chi connectivity index (χ1) is 14.5. The summed E-state index contributed by atoms with van der Waals surface area (Å²) in [4.78, 5) is 35.7. The Morgan fingerprint density at radius 2 is 2.33 bits per heavy atom. The minimum absolute atomic E-state index is 0.0272. The zero-order chi connectivity index (χ0) is 21.3. The van der Waals surface area contributed by atoms with Crippen LogP contribution in [0.25, 0.3) is 16.2 Å². The summed E-state index contributed by atoms with van der Waals surface area (Å²) in [6.45, 7) is 3.27. The minimum atomic E-state index is -0.779. The van der Waals surface area contributed by atoms with E-state index >= 15 is 4.39 Å². The second-order valence-corrected chi connectivity index (χ2v) is 7.49. The monoisotopic (exact) mass is 433 g/mol. The van der Waals surface area contributed by atoms with Crippen LogP contribution in [0.5, 0.6) is 0 Å². The molecule has 0 spiro atoms. The summed E-state index contributed by atoms with van der Waals surface area (Å²) in [5, 5.41) is 2.21. The predicted molar refractivity (Wildman–Crippen MR) is 110 cm³/mol. The highest BCUT2D eigenvalue weighted by Gasteiger charge is 2.26. The molecule has 1 fully saturated rings. The lowest BCUT2D eigenvalue weighted by molar-refractivity contribution is 0.0460. The van der Waals surface area contributed by atoms with Gasteiger partial charge in [0.2, 0.25) is 5.43 Å². The molecule has 0 amide bonds. The Bertz CT molecular complexity index is 1130. The van der Waals surface area contributed by atoms with E-state index in [1.165, 1.54) is 22.1 Å². The molecule has 1 unspecified atom stereocenters. The van der Waals surface area contributed by atoms with Gasteiger partial charge in [0.1, 0.15) is 5.56 Å². The number of fused-ring (bicyclic) bond motifs is 1. The summed E-state index contributed by atoms with van der Waals surface area (Å²) in [6, 6.07) is 1.11. The third kappa shape index (κ3) is 3.66. The van der Waals surface area contributed by atoms with Crippen LogP contribution >= 0.6 is 11.3 Å². The van der Waals surface area contributed by atoms with Crippen molar-refractivity contribution in [2.24, 2.45) is 5.73 Å². The first-order valence-corrected chi connectivity index (χ1v) is 10.3. The predicted octanol–water partition coefficient (Wildman–Crippen LogP) is 1.32. The van der Waals surface area contributed by atoms with Gasteiger partial charge in [-0.25, -0.2) is 19.2 Å². The normalized spacial score (nSPS) is 16.8. The molecule has 4 heterocycles. The van der Waals surface area contributed by atoms with Crippen LogP contribution in [0.2, 0.25) is 0 Å². The SMILES string of the molecule is CCOC(=O)c1cn(-c2nccs2)c2nc(N3CCOC(CN)C3)c(F)cc2c1=O. The van der Waals surface area contributed by atoms with E-state index in [2.05, 4.69) is 9.97 Å². The van der Waals surface area contributed by atoms with Crippen molar-refractivity contribution in [3.63, 3.8) is 0 Å². The van der Waals surface area contributed by atoms with Crippen LogP contribution in [0.4, 0.5) is 10.2 Å². The lowest BCUT2D eigenvalue weighted by Gasteiger charge is -2.33. The van der Waals surface area contributed by atoms with Crippen molar-refractivity contribution in [2.45, 2.75) is 13.0 Å². The number of rotatable bonds is 5. The summed E-state index contributed by atoms with van der Waals surface area (Å²) in [6.07, 6.45) is 2.70. The highest BCUT2D eigenvalue weighted by molar-refractivity contribution is 7.12. The van der Waals surface area contributed by atoms with Crippen molar-refractivity contribution in [3.8, 4) is 5.13 Å². The van der Waals surface area contributed by atoms with E-state index in [-0.39, 0.29) is 35.1 Å². The van der Waals surface area contributed by atoms with Gasteiger partial charge in [-0.2, -0.15) is 0 Å². The van der Waals surface area contributed by atoms with E-state index in [9.17, 15) is 9.59 Å². The number of hydrogen-bond acceptors (Lipinski definition) is 9. The van der Waals surface area contributed by atoms with E-state index in [1.807, 2.05) is 0 Å². The third-order valence-corrected chi connectivity index (χ3v) is 5.51. The minimum Gasteiger partial charge on any atom is -0.462 e. The van der Waals surface area contributed by atoms with Crippen molar-refractivity contribution < 1.29 is 18.7 Å². The van der Waals surface area contributed by atoms with Gasteiger partial charge in [-0.1, -0.05) is 0 Å². The topological polar surface area (TPSA) is 113 Å². The number of thiazole rings is 1. The number of pyridine rings is 2. The molecule has 4 rings (SSSR count). The molecule has 0 aromatic carbocycles. The zero-order valence-corrected chi connectivity index (χ0v) is 17.0. The first kappa shape index (κ1) is 20.4. The van der Waals surface area contributed by atoms with Crippen molar-refractivity contribution >= 4 is 34.2 Å². The van der Waals surface area contributed by atoms with Crippen molar-refractivity contribution in [2.75, 3.05) is 37.7 Å². The number of hydrogen-bond donors (Lipinski definition) is 1. The number of ether oxygens (including phenoxy) is 2. The molecule has 3 aromatic heterocycles. The fourth-order valence-electron chi connectivity index (χ4n) is 3.33. The van der Waals surface area contributed by atoms with Crippen LogP contribution in [0.3, 0.4) is 0 Å². The molecule has 158 valence electrons. The largest absolute Gasteiger partial charge is 0.462 e. The number of carbonyl (C=O) groups is 1. The smallest absolute Gasteiger partial charge is 0.343 e. The van der Waals surface area contributed by atoms with Gasteiger partial charge in [0.15, 0.2) is 22.4 Å². The molecule has 0 bridgehead atoms. The number of carbonyl (C=O) groups excluding carboxylic acids is 1. The van der Waals surface area contributed by atoms with Crippen molar-refractivity contribution in [1.29, 1.82) is 0 Å². The number of nitrogens with zero attached hydrogens (tertiary/aromatic N) is 4. The van der Waals surface area contributed by atoms with Crippen LogP contribution in [-0.4, -0.2) is 59.5 Å². The molecular weight excluding hydrogens is 413 g/mol.